The third kappa shape index (κ3) is 3.54. The van der Waals surface area contributed by atoms with Crippen LogP contribution in [0.2, 0.25) is 0 Å². The average Bonchev–Trinajstić information content (AvgIpc) is 2.90. The molecule has 0 saturated carbocycles. The molecule has 0 saturated heterocycles. The van der Waals surface area contributed by atoms with Gasteiger partial charge in [-0.1, -0.05) is 109 Å². The van der Waals surface area contributed by atoms with Gasteiger partial charge in [0.2, 0.25) is 0 Å². The Morgan fingerprint density at radius 3 is 1.82 bits per heavy atom. The molecule has 6 aromatic carbocycles. The van der Waals surface area contributed by atoms with Gasteiger partial charge in [-0.05, 0) is 57.6 Å². The fourth-order valence-electron chi connectivity index (χ4n) is 4.69. The summed E-state index contributed by atoms with van der Waals surface area (Å²) >= 11 is 0. The van der Waals surface area contributed by atoms with Gasteiger partial charge in [0.1, 0.15) is 0 Å². The van der Waals surface area contributed by atoms with E-state index in [9.17, 15) is 0 Å². The van der Waals surface area contributed by atoms with Crippen molar-refractivity contribution in [1.82, 2.24) is 0 Å². The molecular weight excluding hydrogens is 398 g/mol. The molecule has 0 radical (unpaired) electrons. The minimum atomic E-state index is 1.14. The van der Waals surface area contributed by atoms with Gasteiger partial charge in [-0.2, -0.15) is 0 Å². The largest absolute Gasteiger partial charge is 0.310 e. The van der Waals surface area contributed by atoms with Crippen molar-refractivity contribution in [3.05, 3.63) is 140 Å². The third-order valence-electron chi connectivity index (χ3n) is 6.21. The van der Waals surface area contributed by atoms with Crippen molar-refractivity contribution < 1.29 is 0 Å². The molecular formula is C32H23N. The van der Waals surface area contributed by atoms with Gasteiger partial charge >= 0.3 is 0 Å². The minimum absolute atomic E-state index is 1.14. The van der Waals surface area contributed by atoms with E-state index in [1.807, 2.05) is 0 Å². The van der Waals surface area contributed by atoms with Crippen LogP contribution in [0.15, 0.2) is 140 Å². The highest BCUT2D eigenvalue weighted by Crippen LogP contribution is 2.43. The van der Waals surface area contributed by atoms with Crippen LogP contribution in [0.5, 0.6) is 0 Å². The molecule has 33 heavy (non-hydrogen) atoms. The number of fused-ring (bicyclic) bond motifs is 2. The van der Waals surface area contributed by atoms with Crippen molar-refractivity contribution in [2.24, 2.45) is 0 Å². The average molecular weight is 422 g/mol. The van der Waals surface area contributed by atoms with E-state index >= 15 is 0 Å². The maximum atomic E-state index is 2.38. The van der Waals surface area contributed by atoms with Crippen molar-refractivity contribution in [2.75, 3.05) is 4.90 Å². The molecule has 6 rings (SSSR count). The smallest absolute Gasteiger partial charge is 0.0546 e. The number of rotatable bonds is 4. The fraction of sp³-hybridized carbons (Fsp3) is 0. The Labute approximate surface area is 194 Å². The predicted octanol–water partition coefficient (Wildman–Crippen LogP) is 9.13. The Morgan fingerprint density at radius 1 is 0.394 bits per heavy atom. The van der Waals surface area contributed by atoms with E-state index in [1.54, 1.807) is 0 Å². The molecule has 0 aromatic heterocycles. The maximum Gasteiger partial charge on any atom is 0.0546 e. The number of para-hydroxylation sites is 1. The van der Waals surface area contributed by atoms with Gasteiger partial charge in [-0.15, -0.1) is 0 Å². The molecule has 0 bridgehead atoms. The van der Waals surface area contributed by atoms with E-state index in [4.69, 9.17) is 0 Å². The van der Waals surface area contributed by atoms with E-state index in [0.717, 1.165) is 11.4 Å². The lowest BCUT2D eigenvalue weighted by molar-refractivity contribution is 1.30. The summed E-state index contributed by atoms with van der Waals surface area (Å²) in [6.07, 6.45) is 0. The van der Waals surface area contributed by atoms with Crippen molar-refractivity contribution >= 4 is 38.6 Å². The van der Waals surface area contributed by atoms with Crippen LogP contribution in [0, 0.1) is 0 Å². The Bertz CT molecular complexity index is 1550. The molecule has 156 valence electrons. The first-order chi connectivity index (χ1) is 16.4. The van der Waals surface area contributed by atoms with E-state index in [0.29, 0.717) is 0 Å². The second-order valence-corrected chi connectivity index (χ2v) is 8.25. The Hall–Kier alpha value is -4.36. The highest BCUT2D eigenvalue weighted by molar-refractivity contribution is 6.08. The van der Waals surface area contributed by atoms with E-state index in [1.165, 1.54) is 38.4 Å². The second-order valence-electron chi connectivity index (χ2n) is 8.25. The fourth-order valence-corrected chi connectivity index (χ4v) is 4.69. The molecule has 1 nitrogen and oxygen atoms in total. The lowest BCUT2D eigenvalue weighted by atomic mass is 9.96. The molecule has 0 atom stereocenters. The summed E-state index contributed by atoms with van der Waals surface area (Å²) in [5, 5.41) is 4.97. The highest BCUT2D eigenvalue weighted by atomic mass is 15.1. The van der Waals surface area contributed by atoms with Crippen molar-refractivity contribution in [1.29, 1.82) is 0 Å². The molecule has 1 heteroatoms. The van der Waals surface area contributed by atoms with Crippen LogP contribution in [0.1, 0.15) is 0 Å². The topological polar surface area (TPSA) is 3.24 Å². The molecule has 0 fully saturated rings. The van der Waals surface area contributed by atoms with Crippen molar-refractivity contribution in [2.45, 2.75) is 0 Å². The summed E-state index contributed by atoms with van der Waals surface area (Å²) in [7, 11) is 0. The van der Waals surface area contributed by atoms with Gasteiger partial charge in [0.25, 0.3) is 0 Å². The Kier molecular flexibility index (Phi) is 4.86. The molecule has 0 aliphatic carbocycles. The number of hydrogen-bond donors (Lipinski definition) is 0. The van der Waals surface area contributed by atoms with Gasteiger partial charge in [0, 0.05) is 16.8 Å². The molecule has 0 aliphatic heterocycles. The molecule has 0 unspecified atom stereocenters. The summed E-state index contributed by atoms with van der Waals surface area (Å²) in [6.45, 7) is 0. The van der Waals surface area contributed by atoms with Crippen LogP contribution in [0.3, 0.4) is 0 Å². The van der Waals surface area contributed by atoms with Crippen LogP contribution in [-0.4, -0.2) is 0 Å². The number of hydrogen-bond acceptors (Lipinski definition) is 1. The van der Waals surface area contributed by atoms with E-state index in [2.05, 4.69) is 144 Å². The third-order valence-corrected chi connectivity index (χ3v) is 6.21. The normalized spacial score (nSPS) is 11.0. The molecule has 0 N–H and O–H groups in total. The first-order valence-electron chi connectivity index (χ1n) is 11.3. The summed E-state index contributed by atoms with van der Waals surface area (Å²) < 4.78 is 0. The number of anilines is 3. The summed E-state index contributed by atoms with van der Waals surface area (Å²) in [5.74, 6) is 0. The zero-order valence-corrected chi connectivity index (χ0v) is 18.2. The number of benzene rings is 6. The maximum absolute atomic E-state index is 2.38. The van der Waals surface area contributed by atoms with Crippen molar-refractivity contribution in [3.8, 4) is 11.1 Å². The monoisotopic (exact) mass is 421 g/mol. The van der Waals surface area contributed by atoms with Crippen LogP contribution < -0.4 is 4.90 Å². The van der Waals surface area contributed by atoms with Crippen molar-refractivity contribution in [3.63, 3.8) is 0 Å². The highest BCUT2D eigenvalue weighted by Gasteiger charge is 2.17. The summed E-state index contributed by atoms with van der Waals surface area (Å²) in [4.78, 5) is 2.38. The second kappa shape index (κ2) is 8.29. The summed E-state index contributed by atoms with van der Waals surface area (Å²) in [5.41, 5.74) is 5.93. The van der Waals surface area contributed by atoms with E-state index < -0.39 is 0 Å². The SMILES string of the molecule is c1ccc(-c2cccc3cccc(N(c4ccccc4)c4ccc5ccccc5c4)c23)cc1. The predicted molar refractivity (Wildman–Crippen MR) is 142 cm³/mol. The van der Waals surface area contributed by atoms with Crippen LogP contribution in [0.4, 0.5) is 17.1 Å². The lowest BCUT2D eigenvalue weighted by Crippen LogP contribution is -2.10. The Balaban J connectivity index is 1.66. The van der Waals surface area contributed by atoms with Gasteiger partial charge in [-0.25, -0.2) is 0 Å². The lowest BCUT2D eigenvalue weighted by Gasteiger charge is -2.28. The molecule has 0 heterocycles. The quantitative estimate of drug-likeness (QED) is 0.274. The molecule has 0 amide bonds. The van der Waals surface area contributed by atoms with Gasteiger partial charge in [0.15, 0.2) is 0 Å². The van der Waals surface area contributed by atoms with Gasteiger partial charge in [-0.3, -0.25) is 0 Å². The van der Waals surface area contributed by atoms with Gasteiger partial charge in [0.05, 0.1) is 5.69 Å². The zero-order chi connectivity index (χ0) is 22.0. The Morgan fingerprint density at radius 2 is 1.03 bits per heavy atom. The van der Waals surface area contributed by atoms with E-state index in [-0.39, 0.29) is 0 Å². The van der Waals surface area contributed by atoms with Crippen LogP contribution in [-0.2, 0) is 0 Å². The van der Waals surface area contributed by atoms with Gasteiger partial charge < -0.3 is 4.90 Å². The van der Waals surface area contributed by atoms with Crippen LogP contribution >= 0.6 is 0 Å². The van der Waals surface area contributed by atoms with Crippen LogP contribution in [0.25, 0.3) is 32.7 Å². The standard InChI is InChI=1S/C32H23N/c1-3-12-25(13-4-1)30-19-9-15-26-16-10-20-31(32(26)30)33(28-17-5-2-6-18-28)29-22-21-24-11-7-8-14-27(24)23-29/h1-23H. The number of nitrogens with zero attached hydrogens (tertiary/aromatic N) is 1. The first-order valence-corrected chi connectivity index (χ1v) is 11.3. The summed E-state index contributed by atoms with van der Waals surface area (Å²) in [6, 6.07) is 49.7. The zero-order valence-electron chi connectivity index (χ0n) is 18.2. The molecule has 0 aliphatic rings. The first kappa shape index (κ1) is 19.3. The molecule has 6 aromatic rings. The molecule has 0 spiro atoms. The minimum Gasteiger partial charge on any atom is -0.310 e.